The number of thiophene rings is 1. The first-order valence-electron chi connectivity index (χ1n) is 6.24. The van der Waals surface area contributed by atoms with Crippen LogP contribution in [0.1, 0.15) is 16.3 Å². The van der Waals surface area contributed by atoms with Gasteiger partial charge < -0.3 is 5.11 Å². The number of aliphatic hydroxyl groups excluding tert-OH is 1. The van der Waals surface area contributed by atoms with E-state index in [4.69, 9.17) is 16.7 Å². The molecule has 0 aliphatic rings. The molecule has 9 heteroatoms. The van der Waals surface area contributed by atoms with Crippen LogP contribution < -0.4 is 4.72 Å². The van der Waals surface area contributed by atoms with Crippen LogP contribution in [-0.4, -0.2) is 29.9 Å². The van der Waals surface area contributed by atoms with Crippen LogP contribution in [0, 0.1) is 13.8 Å². The highest BCUT2D eigenvalue weighted by Crippen LogP contribution is 2.23. The molecule has 2 N–H and O–H groups in total. The molecule has 0 amide bonds. The van der Waals surface area contributed by atoms with Crippen molar-refractivity contribution in [2.75, 3.05) is 6.61 Å². The lowest BCUT2D eigenvalue weighted by atomic mass is 10.4. The number of hydrogen-bond acceptors (Lipinski definition) is 5. The fourth-order valence-electron chi connectivity index (χ4n) is 2.07. The lowest BCUT2D eigenvalue weighted by Crippen LogP contribution is -2.24. The molecule has 2 aromatic heterocycles. The van der Waals surface area contributed by atoms with Crippen LogP contribution in [-0.2, 0) is 23.1 Å². The van der Waals surface area contributed by atoms with Crippen molar-refractivity contribution in [3.8, 4) is 0 Å². The zero-order valence-corrected chi connectivity index (χ0v) is 14.0. The Morgan fingerprint density at radius 1 is 1.43 bits per heavy atom. The molecule has 2 aromatic rings. The Morgan fingerprint density at radius 3 is 2.71 bits per heavy atom. The summed E-state index contributed by atoms with van der Waals surface area (Å²) in [5.41, 5.74) is 0.927. The number of nitrogens with zero attached hydrogens (tertiary/aromatic N) is 2. The number of aromatic nitrogens is 2. The van der Waals surface area contributed by atoms with E-state index in [1.807, 2.05) is 0 Å². The Kier molecular flexibility index (Phi) is 5.05. The molecule has 0 aromatic carbocycles. The maximum atomic E-state index is 12.4. The maximum Gasteiger partial charge on any atom is 0.244 e. The fourth-order valence-corrected chi connectivity index (χ4v) is 4.60. The highest BCUT2D eigenvalue weighted by Gasteiger charge is 2.24. The quantitative estimate of drug-likeness (QED) is 0.831. The molecule has 6 nitrogen and oxygen atoms in total. The van der Waals surface area contributed by atoms with Gasteiger partial charge in [-0.05, 0) is 26.0 Å². The van der Waals surface area contributed by atoms with Crippen LogP contribution in [0.4, 0.5) is 0 Å². The van der Waals surface area contributed by atoms with Crippen molar-refractivity contribution in [1.29, 1.82) is 0 Å². The molecule has 116 valence electrons. The minimum absolute atomic E-state index is 0.0947. The first-order chi connectivity index (χ1) is 9.85. The number of sulfonamides is 1. The monoisotopic (exact) mass is 349 g/mol. The SMILES string of the molecule is Cc1nn(CCO)c(C)c1S(=O)(=O)NCc1ccc(Cl)s1. The molecule has 0 radical (unpaired) electrons. The van der Waals surface area contributed by atoms with Gasteiger partial charge in [0.15, 0.2) is 0 Å². The zero-order chi connectivity index (χ0) is 15.6. The first kappa shape index (κ1) is 16.4. The van der Waals surface area contributed by atoms with E-state index >= 15 is 0 Å². The van der Waals surface area contributed by atoms with Crippen molar-refractivity contribution in [3.05, 3.63) is 32.7 Å². The molecule has 0 aliphatic carbocycles. The van der Waals surface area contributed by atoms with Gasteiger partial charge in [-0.1, -0.05) is 11.6 Å². The lowest BCUT2D eigenvalue weighted by Gasteiger charge is -2.06. The normalized spacial score (nSPS) is 12.0. The van der Waals surface area contributed by atoms with Crippen molar-refractivity contribution in [1.82, 2.24) is 14.5 Å². The third-order valence-electron chi connectivity index (χ3n) is 2.96. The van der Waals surface area contributed by atoms with E-state index in [1.54, 1.807) is 26.0 Å². The summed E-state index contributed by atoms with van der Waals surface area (Å²) in [5, 5.41) is 13.1. The summed E-state index contributed by atoms with van der Waals surface area (Å²) in [6.07, 6.45) is 0. The van der Waals surface area contributed by atoms with E-state index < -0.39 is 10.0 Å². The Labute approximate surface area is 132 Å². The third kappa shape index (κ3) is 3.64. The molecular weight excluding hydrogens is 334 g/mol. The van der Waals surface area contributed by atoms with E-state index in [-0.39, 0.29) is 24.6 Å². The number of halogens is 1. The van der Waals surface area contributed by atoms with Gasteiger partial charge in [0, 0.05) is 11.4 Å². The molecular formula is C12H16ClN3O3S2. The Bertz CT molecular complexity index is 737. The molecule has 2 heterocycles. The van der Waals surface area contributed by atoms with E-state index in [0.717, 1.165) is 4.88 Å². The lowest BCUT2D eigenvalue weighted by molar-refractivity contribution is 0.267. The van der Waals surface area contributed by atoms with Gasteiger partial charge in [0.25, 0.3) is 0 Å². The van der Waals surface area contributed by atoms with Crippen LogP contribution in [0.5, 0.6) is 0 Å². The summed E-state index contributed by atoms with van der Waals surface area (Å²) < 4.78 is 29.5. The molecule has 0 unspecified atom stereocenters. The molecule has 0 bridgehead atoms. The smallest absolute Gasteiger partial charge is 0.244 e. The predicted molar refractivity (Wildman–Crippen MR) is 82.1 cm³/mol. The van der Waals surface area contributed by atoms with Crippen molar-refractivity contribution in [3.63, 3.8) is 0 Å². The van der Waals surface area contributed by atoms with Crippen LogP contribution >= 0.6 is 22.9 Å². The summed E-state index contributed by atoms with van der Waals surface area (Å²) in [4.78, 5) is 1.00. The van der Waals surface area contributed by atoms with Crippen LogP contribution in [0.15, 0.2) is 17.0 Å². The van der Waals surface area contributed by atoms with Crippen molar-refractivity contribution < 1.29 is 13.5 Å². The second-order valence-corrected chi connectivity index (χ2v) is 7.98. The summed E-state index contributed by atoms with van der Waals surface area (Å²) in [6, 6.07) is 3.51. The summed E-state index contributed by atoms with van der Waals surface area (Å²) in [7, 11) is -3.66. The highest BCUT2D eigenvalue weighted by atomic mass is 35.5. The number of hydrogen-bond donors (Lipinski definition) is 2. The van der Waals surface area contributed by atoms with E-state index in [0.29, 0.717) is 15.7 Å². The van der Waals surface area contributed by atoms with Gasteiger partial charge in [-0.2, -0.15) is 5.10 Å². The van der Waals surface area contributed by atoms with Gasteiger partial charge in [-0.15, -0.1) is 11.3 Å². The maximum absolute atomic E-state index is 12.4. The van der Waals surface area contributed by atoms with Gasteiger partial charge in [0.2, 0.25) is 10.0 Å². The summed E-state index contributed by atoms with van der Waals surface area (Å²) >= 11 is 7.15. The largest absolute Gasteiger partial charge is 0.394 e. The highest BCUT2D eigenvalue weighted by molar-refractivity contribution is 7.89. The van der Waals surface area contributed by atoms with Crippen LogP contribution in [0.25, 0.3) is 0 Å². The molecule has 2 rings (SSSR count). The minimum atomic E-state index is -3.66. The van der Waals surface area contributed by atoms with Gasteiger partial charge in [0.1, 0.15) is 4.90 Å². The average molecular weight is 350 g/mol. The number of rotatable bonds is 6. The Balaban J connectivity index is 2.23. The van der Waals surface area contributed by atoms with Crippen molar-refractivity contribution in [2.45, 2.75) is 31.8 Å². The summed E-state index contributed by atoms with van der Waals surface area (Å²) in [6.45, 7) is 3.67. The van der Waals surface area contributed by atoms with Gasteiger partial charge >= 0.3 is 0 Å². The number of nitrogens with one attached hydrogen (secondary N) is 1. The predicted octanol–water partition coefficient (Wildman–Crippen LogP) is 1.69. The van der Waals surface area contributed by atoms with E-state index in [2.05, 4.69) is 9.82 Å². The average Bonchev–Trinajstić information content (AvgIpc) is 2.93. The second kappa shape index (κ2) is 6.45. The van der Waals surface area contributed by atoms with E-state index in [9.17, 15) is 8.42 Å². The standard InChI is InChI=1S/C12H16ClN3O3S2/c1-8-12(9(2)16(15-8)5-6-17)21(18,19)14-7-10-3-4-11(13)20-10/h3-4,14,17H,5-7H2,1-2H3. The Morgan fingerprint density at radius 2 is 2.14 bits per heavy atom. The number of aryl methyl sites for hydroxylation is 1. The van der Waals surface area contributed by atoms with Crippen LogP contribution in [0.3, 0.4) is 0 Å². The van der Waals surface area contributed by atoms with E-state index in [1.165, 1.54) is 16.0 Å². The Hall–Kier alpha value is -0.930. The van der Waals surface area contributed by atoms with Crippen LogP contribution in [0.2, 0.25) is 4.34 Å². The third-order valence-corrected chi connectivity index (χ3v) is 5.84. The fraction of sp³-hybridized carbons (Fsp3) is 0.417. The molecule has 0 atom stereocenters. The molecule has 0 aliphatic heterocycles. The molecule has 0 saturated heterocycles. The van der Waals surface area contributed by atoms with Crippen molar-refractivity contribution >= 4 is 33.0 Å². The molecule has 21 heavy (non-hydrogen) atoms. The molecule has 0 fully saturated rings. The van der Waals surface area contributed by atoms with Gasteiger partial charge in [0.05, 0.1) is 28.9 Å². The zero-order valence-electron chi connectivity index (χ0n) is 11.6. The summed E-state index contributed by atoms with van der Waals surface area (Å²) in [5.74, 6) is 0. The van der Waals surface area contributed by atoms with Crippen molar-refractivity contribution in [2.24, 2.45) is 0 Å². The second-order valence-electron chi connectivity index (χ2n) is 4.48. The van der Waals surface area contributed by atoms with Gasteiger partial charge in [-0.3, -0.25) is 4.68 Å². The number of aliphatic hydroxyl groups is 1. The minimum Gasteiger partial charge on any atom is -0.394 e. The molecule has 0 saturated carbocycles. The first-order valence-corrected chi connectivity index (χ1v) is 8.91. The van der Waals surface area contributed by atoms with Gasteiger partial charge in [-0.25, -0.2) is 13.1 Å². The molecule has 0 spiro atoms. The topological polar surface area (TPSA) is 84.2 Å².